The fraction of sp³-hybridized carbons (Fsp3) is 0. The van der Waals surface area contributed by atoms with Crippen molar-refractivity contribution in [3.05, 3.63) is 104 Å². The second kappa shape index (κ2) is 6.92. The molecular weight excluding hydrogens is 356 g/mol. The first-order valence-corrected chi connectivity index (χ1v) is 8.56. The topological polar surface area (TPSA) is 86.3 Å². The predicted octanol–water partition coefficient (Wildman–Crippen LogP) is 5.98. The number of nitro groups is 2. The lowest BCUT2D eigenvalue weighted by Crippen LogP contribution is -1.94. The highest BCUT2D eigenvalue weighted by Crippen LogP contribution is 2.31. The van der Waals surface area contributed by atoms with Gasteiger partial charge in [-0.05, 0) is 45.3 Å². The molecule has 0 aliphatic carbocycles. The highest BCUT2D eigenvalue weighted by molar-refractivity contribution is 6.08. The van der Waals surface area contributed by atoms with Crippen LogP contribution in [0.2, 0.25) is 0 Å². The first-order chi connectivity index (χ1) is 13.5. The van der Waals surface area contributed by atoms with Crippen molar-refractivity contribution < 1.29 is 9.85 Å². The molecule has 0 N–H and O–H groups in total. The SMILES string of the molecule is O=[N+]([O-])c1ccc(/C=C/c2c3ccccc3cc3ccccc23)c([N+](=O)[O-])c1. The summed E-state index contributed by atoms with van der Waals surface area (Å²) >= 11 is 0. The fourth-order valence-electron chi connectivity index (χ4n) is 3.35. The van der Waals surface area contributed by atoms with Crippen LogP contribution >= 0.6 is 0 Å². The fourth-order valence-corrected chi connectivity index (χ4v) is 3.35. The van der Waals surface area contributed by atoms with Crippen LogP contribution in [-0.4, -0.2) is 9.85 Å². The Morgan fingerprint density at radius 2 is 1.29 bits per heavy atom. The zero-order valence-electron chi connectivity index (χ0n) is 14.6. The summed E-state index contributed by atoms with van der Waals surface area (Å²) in [5, 5.41) is 26.5. The van der Waals surface area contributed by atoms with E-state index in [1.165, 1.54) is 12.1 Å². The summed E-state index contributed by atoms with van der Waals surface area (Å²) in [4.78, 5) is 21.1. The number of benzene rings is 4. The summed E-state index contributed by atoms with van der Waals surface area (Å²) in [6.45, 7) is 0. The van der Waals surface area contributed by atoms with Crippen LogP contribution in [0.4, 0.5) is 11.4 Å². The zero-order valence-corrected chi connectivity index (χ0v) is 14.6. The molecule has 0 fully saturated rings. The van der Waals surface area contributed by atoms with Crippen LogP contribution in [0.5, 0.6) is 0 Å². The molecule has 0 aromatic heterocycles. The Hall–Kier alpha value is -4.06. The summed E-state index contributed by atoms with van der Waals surface area (Å²) in [6, 6.07) is 21.6. The van der Waals surface area contributed by atoms with E-state index in [0.717, 1.165) is 33.2 Å². The Kier molecular flexibility index (Phi) is 4.29. The minimum Gasteiger partial charge on any atom is -0.258 e. The summed E-state index contributed by atoms with van der Waals surface area (Å²) in [5.41, 5.74) is 0.656. The van der Waals surface area contributed by atoms with E-state index in [1.54, 1.807) is 6.08 Å². The summed E-state index contributed by atoms with van der Waals surface area (Å²) in [7, 11) is 0. The molecule has 0 radical (unpaired) electrons. The molecule has 0 aliphatic heterocycles. The molecule has 0 saturated heterocycles. The van der Waals surface area contributed by atoms with Crippen LogP contribution in [0, 0.1) is 20.2 Å². The van der Waals surface area contributed by atoms with Gasteiger partial charge in [0, 0.05) is 6.07 Å². The van der Waals surface area contributed by atoms with Gasteiger partial charge in [0.05, 0.1) is 21.5 Å². The largest absolute Gasteiger partial charge is 0.283 e. The van der Waals surface area contributed by atoms with E-state index in [2.05, 4.69) is 6.07 Å². The summed E-state index contributed by atoms with van der Waals surface area (Å²) in [6.07, 6.45) is 3.47. The Morgan fingerprint density at radius 3 is 1.86 bits per heavy atom. The second-order valence-electron chi connectivity index (χ2n) is 6.32. The first kappa shape index (κ1) is 17.4. The van der Waals surface area contributed by atoms with Crippen LogP contribution in [0.3, 0.4) is 0 Å². The molecule has 6 heteroatoms. The average molecular weight is 370 g/mol. The maximum Gasteiger partial charge on any atom is 0.283 e. The number of hydrogen-bond donors (Lipinski definition) is 0. The molecule has 4 rings (SSSR count). The van der Waals surface area contributed by atoms with E-state index in [-0.39, 0.29) is 11.4 Å². The number of fused-ring (bicyclic) bond motifs is 2. The van der Waals surface area contributed by atoms with E-state index in [0.29, 0.717) is 5.56 Å². The number of rotatable bonds is 4. The molecule has 0 bridgehead atoms. The van der Waals surface area contributed by atoms with Crippen LogP contribution in [-0.2, 0) is 0 Å². The lowest BCUT2D eigenvalue weighted by atomic mass is 9.96. The smallest absolute Gasteiger partial charge is 0.258 e. The van der Waals surface area contributed by atoms with E-state index in [4.69, 9.17) is 0 Å². The zero-order chi connectivity index (χ0) is 19.7. The first-order valence-electron chi connectivity index (χ1n) is 8.56. The average Bonchev–Trinajstić information content (AvgIpc) is 2.70. The molecule has 0 amide bonds. The number of non-ortho nitro benzene ring substituents is 1. The predicted molar refractivity (Wildman–Crippen MR) is 110 cm³/mol. The Bertz CT molecular complexity index is 1220. The molecule has 4 aromatic rings. The van der Waals surface area contributed by atoms with Crippen molar-refractivity contribution in [2.45, 2.75) is 0 Å². The van der Waals surface area contributed by atoms with Crippen molar-refractivity contribution in [1.29, 1.82) is 0 Å². The van der Waals surface area contributed by atoms with Gasteiger partial charge in [0.15, 0.2) is 0 Å². The van der Waals surface area contributed by atoms with Gasteiger partial charge in [-0.3, -0.25) is 20.2 Å². The van der Waals surface area contributed by atoms with Crippen molar-refractivity contribution >= 4 is 45.1 Å². The van der Waals surface area contributed by atoms with Gasteiger partial charge in [0.1, 0.15) is 0 Å². The molecule has 28 heavy (non-hydrogen) atoms. The van der Waals surface area contributed by atoms with E-state index < -0.39 is 9.85 Å². The van der Waals surface area contributed by atoms with Gasteiger partial charge in [0.2, 0.25) is 0 Å². The van der Waals surface area contributed by atoms with Crippen LogP contribution in [0.25, 0.3) is 33.7 Å². The standard InChI is InChI=1S/C22H14N2O4/c25-23(26)18-11-9-15(22(14-18)24(27)28)10-12-21-19-7-3-1-5-16(19)13-17-6-2-4-8-20(17)21/h1-14H/b12-10+. The van der Waals surface area contributed by atoms with E-state index in [9.17, 15) is 20.2 Å². The maximum atomic E-state index is 11.4. The lowest BCUT2D eigenvalue weighted by Gasteiger charge is -2.08. The molecule has 0 heterocycles. The lowest BCUT2D eigenvalue weighted by molar-refractivity contribution is -0.394. The van der Waals surface area contributed by atoms with Crippen molar-refractivity contribution in [2.24, 2.45) is 0 Å². The minimum absolute atomic E-state index is 0.296. The third kappa shape index (κ3) is 3.07. The van der Waals surface area contributed by atoms with Gasteiger partial charge < -0.3 is 0 Å². The van der Waals surface area contributed by atoms with Crippen molar-refractivity contribution in [3.63, 3.8) is 0 Å². The summed E-state index contributed by atoms with van der Waals surface area (Å²) in [5.74, 6) is 0. The molecule has 0 spiro atoms. The van der Waals surface area contributed by atoms with Gasteiger partial charge in [-0.25, -0.2) is 0 Å². The normalized spacial score (nSPS) is 11.3. The molecule has 4 aromatic carbocycles. The second-order valence-corrected chi connectivity index (χ2v) is 6.32. The number of nitro benzene ring substituents is 2. The number of hydrogen-bond acceptors (Lipinski definition) is 4. The highest BCUT2D eigenvalue weighted by Gasteiger charge is 2.17. The van der Waals surface area contributed by atoms with Crippen LogP contribution < -0.4 is 0 Å². The molecule has 0 saturated carbocycles. The van der Waals surface area contributed by atoms with Gasteiger partial charge in [-0.15, -0.1) is 0 Å². The quantitative estimate of drug-likeness (QED) is 0.191. The maximum absolute atomic E-state index is 11.4. The summed E-state index contributed by atoms with van der Waals surface area (Å²) < 4.78 is 0. The Labute approximate surface area is 159 Å². The highest BCUT2D eigenvalue weighted by atomic mass is 16.6. The Morgan fingerprint density at radius 1 is 0.679 bits per heavy atom. The molecule has 0 unspecified atom stereocenters. The van der Waals surface area contributed by atoms with Crippen LogP contribution in [0.15, 0.2) is 72.8 Å². The minimum atomic E-state index is -0.640. The number of nitrogens with zero attached hydrogens (tertiary/aromatic N) is 2. The molecule has 136 valence electrons. The van der Waals surface area contributed by atoms with Crippen LogP contribution in [0.1, 0.15) is 11.1 Å². The Balaban J connectivity index is 1.91. The third-order valence-electron chi connectivity index (χ3n) is 4.66. The van der Waals surface area contributed by atoms with Gasteiger partial charge in [-0.2, -0.15) is 0 Å². The van der Waals surface area contributed by atoms with Crippen molar-refractivity contribution in [3.8, 4) is 0 Å². The van der Waals surface area contributed by atoms with Gasteiger partial charge in [0.25, 0.3) is 11.4 Å². The van der Waals surface area contributed by atoms with Crippen molar-refractivity contribution in [2.75, 3.05) is 0 Å². The molecule has 6 nitrogen and oxygen atoms in total. The molecule has 0 atom stereocenters. The molecule has 0 aliphatic rings. The van der Waals surface area contributed by atoms with E-state index >= 15 is 0 Å². The molecular formula is C22H14N2O4. The van der Waals surface area contributed by atoms with Gasteiger partial charge >= 0.3 is 0 Å². The third-order valence-corrected chi connectivity index (χ3v) is 4.66. The van der Waals surface area contributed by atoms with Crippen molar-refractivity contribution in [1.82, 2.24) is 0 Å². The van der Waals surface area contributed by atoms with Gasteiger partial charge in [-0.1, -0.05) is 54.6 Å². The monoisotopic (exact) mass is 370 g/mol. The van der Waals surface area contributed by atoms with E-state index in [1.807, 2.05) is 54.6 Å².